The first kappa shape index (κ1) is 16.2. The van der Waals surface area contributed by atoms with E-state index in [9.17, 15) is 4.79 Å². The van der Waals surface area contributed by atoms with Crippen molar-refractivity contribution >= 4 is 55.2 Å². The molecule has 1 aliphatic heterocycles. The molecular weight excluding hydrogens is 410 g/mol. The van der Waals surface area contributed by atoms with Crippen LogP contribution in [0.1, 0.15) is 10.6 Å². The third kappa shape index (κ3) is 3.04. The quantitative estimate of drug-likeness (QED) is 0.635. The summed E-state index contributed by atoms with van der Waals surface area (Å²) in [6, 6.07) is 1.89. The first-order valence-corrected chi connectivity index (χ1v) is 9.24. The van der Waals surface area contributed by atoms with Crippen LogP contribution in [-0.2, 0) is 4.74 Å². The minimum absolute atomic E-state index is 0.0868. The predicted octanol–water partition coefficient (Wildman–Crippen LogP) is 1.69. The minimum atomic E-state index is -0.529. The van der Waals surface area contributed by atoms with Gasteiger partial charge in [-0.1, -0.05) is 0 Å². The SMILES string of the molecule is COC(=O)c1nc(N2CCN(c3n[nH]c(Br)n3)CC2)c2sccc2n1. The molecule has 4 heterocycles. The van der Waals surface area contributed by atoms with Gasteiger partial charge in [0.2, 0.25) is 11.8 Å². The number of nitrogens with zero attached hydrogens (tertiary/aromatic N) is 6. The first-order valence-electron chi connectivity index (χ1n) is 7.57. The Bertz CT molecular complexity index is 919. The van der Waals surface area contributed by atoms with Crippen LogP contribution in [0, 0.1) is 0 Å². The molecule has 0 amide bonds. The largest absolute Gasteiger partial charge is 0.463 e. The molecule has 0 aliphatic carbocycles. The van der Waals surface area contributed by atoms with Crippen LogP contribution in [0.25, 0.3) is 10.2 Å². The molecule has 0 unspecified atom stereocenters. The van der Waals surface area contributed by atoms with E-state index < -0.39 is 5.97 Å². The van der Waals surface area contributed by atoms with Gasteiger partial charge in [-0.3, -0.25) is 5.10 Å². The molecule has 11 heteroatoms. The molecule has 1 aliphatic rings. The zero-order valence-electron chi connectivity index (χ0n) is 13.3. The number of fused-ring (bicyclic) bond motifs is 1. The highest BCUT2D eigenvalue weighted by atomic mass is 79.9. The number of H-pyrrole nitrogens is 1. The number of halogens is 1. The Morgan fingerprint density at radius 3 is 2.68 bits per heavy atom. The molecule has 0 spiro atoms. The number of aromatic amines is 1. The van der Waals surface area contributed by atoms with Gasteiger partial charge in [-0.2, -0.15) is 4.98 Å². The van der Waals surface area contributed by atoms with Crippen molar-refractivity contribution in [3.05, 3.63) is 22.0 Å². The lowest BCUT2D eigenvalue weighted by Crippen LogP contribution is -2.47. The number of thiophene rings is 1. The van der Waals surface area contributed by atoms with Crippen molar-refractivity contribution in [3.8, 4) is 0 Å². The molecule has 4 rings (SSSR count). The number of rotatable bonds is 3. The maximum Gasteiger partial charge on any atom is 0.376 e. The normalized spacial score (nSPS) is 15.0. The van der Waals surface area contributed by atoms with Gasteiger partial charge in [0, 0.05) is 26.2 Å². The Kier molecular flexibility index (Phi) is 4.25. The number of nitrogens with one attached hydrogen (secondary N) is 1. The lowest BCUT2D eigenvalue weighted by Gasteiger charge is -2.34. The van der Waals surface area contributed by atoms with E-state index in [1.165, 1.54) is 7.11 Å². The monoisotopic (exact) mass is 423 g/mol. The van der Waals surface area contributed by atoms with E-state index in [2.05, 4.69) is 50.9 Å². The van der Waals surface area contributed by atoms with E-state index in [4.69, 9.17) is 4.74 Å². The number of piperazine rings is 1. The Labute approximate surface area is 155 Å². The van der Waals surface area contributed by atoms with Crippen LogP contribution in [0.15, 0.2) is 16.2 Å². The average Bonchev–Trinajstić information content (AvgIpc) is 3.29. The molecule has 9 nitrogen and oxygen atoms in total. The molecule has 1 saturated heterocycles. The van der Waals surface area contributed by atoms with E-state index in [1.54, 1.807) is 11.3 Å². The van der Waals surface area contributed by atoms with Crippen LogP contribution in [0.3, 0.4) is 0 Å². The van der Waals surface area contributed by atoms with Crippen molar-refractivity contribution in [2.24, 2.45) is 0 Å². The van der Waals surface area contributed by atoms with Crippen molar-refractivity contribution in [1.29, 1.82) is 0 Å². The van der Waals surface area contributed by atoms with E-state index >= 15 is 0 Å². The van der Waals surface area contributed by atoms with Gasteiger partial charge < -0.3 is 14.5 Å². The number of carbonyl (C=O) groups is 1. The maximum absolute atomic E-state index is 11.9. The summed E-state index contributed by atoms with van der Waals surface area (Å²) in [5.74, 6) is 1.00. The van der Waals surface area contributed by atoms with Gasteiger partial charge >= 0.3 is 5.97 Å². The lowest BCUT2D eigenvalue weighted by molar-refractivity contribution is 0.0587. The average molecular weight is 424 g/mol. The number of methoxy groups -OCH3 is 1. The van der Waals surface area contributed by atoms with Crippen LogP contribution in [-0.4, -0.2) is 64.4 Å². The molecule has 1 fully saturated rings. The summed E-state index contributed by atoms with van der Waals surface area (Å²) in [7, 11) is 1.33. The van der Waals surface area contributed by atoms with Gasteiger partial charge in [-0.25, -0.2) is 14.8 Å². The smallest absolute Gasteiger partial charge is 0.376 e. The van der Waals surface area contributed by atoms with Crippen molar-refractivity contribution in [1.82, 2.24) is 25.1 Å². The fourth-order valence-electron chi connectivity index (χ4n) is 2.74. The number of carbonyl (C=O) groups excluding carboxylic acids is 1. The van der Waals surface area contributed by atoms with Gasteiger partial charge in [-0.15, -0.1) is 16.4 Å². The Balaban J connectivity index is 1.60. The molecule has 0 bridgehead atoms. The van der Waals surface area contributed by atoms with Gasteiger partial charge in [0.1, 0.15) is 0 Å². The second kappa shape index (κ2) is 6.56. The summed E-state index contributed by atoms with van der Waals surface area (Å²) in [5.41, 5.74) is 0.760. The van der Waals surface area contributed by atoms with Crippen molar-refractivity contribution < 1.29 is 9.53 Å². The van der Waals surface area contributed by atoms with E-state index in [0.717, 1.165) is 42.2 Å². The third-order valence-corrected chi connectivity index (χ3v) is 5.22. The number of aromatic nitrogens is 5. The number of anilines is 2. The maximum atomic E-state index is 11.9. The summed E-state index contributed by atoms with van der Waals surface area (Å²) in [6.07, 6.45) is 0. The summed E-state index contributed by atoms with van der Waals surface area (Å²) in [6.45, 7) is 3.01. The highest BCUT2D eigenvalue weighted by molar-refractivity contribution is 9.10. The highest BCUT2D eigenvalue weighted by Crippen LogP contribution is 2.30. The lowest BCUT2D eigenvalue weighted by atomic mass is 10.3. The first-order chi connectivity index (χ1) is 12.2. The van der Waals surface area contributed by atoms with Crippen LogP contribution >= 0.6 is 27.3 Å². The highest BCUT2D eigenvalue weighted by Gasteiger charge is 2.24. The van der Waals surface area contributed by atoms with E-state index in [1.807, 2.05) is 11.4 Å². The summed E-state index contributed by atoms with van der Waals surface area (Å²) in [4.78, 5) is 29.2. The Morgan fingerprint density at radius 1 is 1.24 bits per heavy atom. The molecule has 0 radical (unpaired) electrons. The molecule has 3 aromatic heterocycles. The van der Waals surface area contributed by atoms with Crippen molar-refractivity contribution in [3.63, 3.8) is 0 Å². The minimum Gasteiger partial charge on any atom is -0.463 e. The van der Waals surface area contributed by atoms with Crippen LogP contribution in [0.4, 0.5) is 11.8 Å². The molecule has 0 aromatic carbocycles. The van der Waals surface area contributed by atoms with Crippen LogP contribution < -0.4 is 9.80 Å². The second-order valence-electron chi connectivity index (χ2n) is 5.40. The molecule has 0 saturated carbocycles. The van der Waals surface area contributed by atoms with E-state index in [0.29, 0.717) is 10.7 Å². The topological polar surface area (TPSA) is 100 Å². The summed E-state index contributed by atoms with van der Waals surface area (Å²) >= 11 is 4.84. The second-order valence-corrected chi connectivity index (χ2v) is 7.06. The van der Waals surface area contributed by atoms with Gasteiger partial charge in [0.15, 0.2) is 10.6 Å². The van der Waals surface area contributed by atoms with E-state index in [-0.39, 0.29) is 5.82 Å². The number of hydrogen-bond donors (Lipinski definition) is 1. The summed E-state index contributed by atoms with van der Waals surface area (Å²) in [5, 5.41) is 8.90. The Morgan fingerprint density at radius 2 is 2.00 bits per heavy atom. The van der Waals surface area contributed by atoms with Gasteiger partial charge in [-0.05, 0) is 27.4 Å². The zero-order valence-corrected chi connectivity index (χ0v) is 15.7. The fourth-order valence-corrected chi connectivity index (χ4v) is 3.83. The zero-order chi connectivity index (χ0) is 17.4. The standard InChI is InChI=1S/C14H14BrN7O2S/c1-24-12(23)10-16-8-2-7-25-9(8)11(17-10)21-3-5-22(6-4-21)14-18-13(15)19-20-14/h2,7H,3-6H2,1H3,(H,18,19,20). The van der Waals surface area contributed by atoms with Crippen molar-refractivity contribution in [2.75, 3.05) is 43.1 Å². The molecule has 130 valence electrons. The Hall–Kier alpha value is -2.27. The van der Waals surface area contributed by atoms with Crippen molar-refractivity contribution in [2.45, 2.75) is 0 Å². The van der Waals surface area contributed by atoms with Gasteiger partial charge in [0.05, 0.1) is 17.3 Å². The third-order valence-electron chi connectivity index (χ3n) is 3.96. The van der Waals surface area contributed by atoms with Crippen LogP contribution in [0.2, 0.25) is 0 Å². The van der Waals surface area contributed by atoms with Gasteiger partial charge in [0.25, 0.3) is 0 Å². The summed E-state index contributed by atoms with van der Waals surface area (Å²) < 4.78 is 6.36. The number of esters is 1. The number of hydrogen-bond acceptors (Lipinski definition) is 9. The molecule has 25 heavy (non-hydrogen) atoms. The predicted molar refractivity (Wildman–Crippen MR) is 97.3 cm³/mol. The molecule has 1 N–H and O–H groups in total. The molecule has 3 aromatic rings. The fraction of sp³-hybridized carbons (Fsp3) is 0.357. The molecular formula is C14H14BrN7O2S. The molecule has 0 atom stereocenters. The number of ether oxygens (including phenoxy) is 1. The van der Waals surface area contributed by atoms with Crippen LogP contribution in [0.5, 0.6) is 0 Å².